The van der Waals surface area contributed by atoms with Crippen molar-refractivity contribution in [1.82, 2.24) is 4.98 Å². The van der Waals surface area contributed by atoms with Gasteiger partial charge < -0.3 is 15.5 Å². The molecule has 0 saturated heterocycles. The molecule has 0 atom stereocenters. The maximum Gasteiger partial charge on any atom is 0.224 e. The van der Waals surface area contributed by atoms with E-state index < -0.39 is 0 Å². The molecule has 1 heterocycles. The fraction of sp³-hybridized carbons (Fsp3) is 0.111. The summed E-state index contributed by atoms with van der Waals surface area (Å²) in [5, 5.41) is 3.85. The van der Waals surface area contributed by atoms with Crippen molar-refractivity contribution in [2.45, 2.75) is 12.8 Å². The second kappa shape index (κ2) is 7.99. The number of aromatic nitrogens is 1. The van der Waals surface area contributed by atoms with Crippen molar-refractivity contribution < 1.29 is 9.21 Å². The number of halogens is 3. The molecule has 0 aliphatic rings. The third-order valence-corrected chi connectivity index (χ3v) is 4.58. The van der Waals surface area contributed by atoms with Crippen molar-refractivity contribution >= 4 is 52.1 Å². The Kier molecular flexibility index (Phi) is 5.71. The van der Waals surface area contributed by atoms with E-state index in [0.29, 0.717) is 28.8 Å². The lowest BCUT2D eigenvalue weighted by molar-refractivity contribution is -0.116. The van der Waals surface area contributed by atoms with E-state index in [0.717, 1.165) is 5.56 Å². The number of aryl methyl sites for hydroxylation is 1. The molecule has 134 valence electrons. The molecule has 8 heteroatoms. The zero-order chi connectivity index (χ0) is 18.7. The lowest BCUT2D eigenvalue weighted by Crippen LogP contribution is -2.12. The monoisotopic (exact) mass is 409 g/mol. The molecule has 0 aliphatic carbocycles. The van der Waals surface area contributed by atoms with Gasteiger partial charge >= 0.3 is 0 Å². The number of hydrogen-bond donors (Lipinski definition) is 2. The summed E-state index contributed by atoms with van der Waals surface area (Å²) in [6.45, 7) is 0. The second-order valence-corrected chi connectivity index (χ2v) is 6.72. The number of carbonyl (C=O) groups is 1. The first-order valence-electron chi connectivity index (χ1n) is 7.68. The quantitative estimate of drug-likeness (QED) is 0.548. The Morgan fingerprint density at radius 2 is 1.81 bits per heavy atom. The molecule has 1 amide bonds. The van der Waals surface area contributed by atoms with Gasteiger partial charge in [-0.05, 0) is 24.3 Å². The molecule has 3 rings (SSSR count). The van der Waals surface area contributed by atoms with E-state index in [2.05, 4.69) is 10.3 Å². The standard InChI is InChI=1S/C18H14Cl3N3O2/c19-12-4-2-1-3-11(12)15-9-23-17(26-15)6-5-16(25)24-10-7-13(20)18(22)14(21)8-10/h1-4,7-9H,5-6,22H2,(H,24,25). The highest BCUT2D eigenvalue weighted by atomic mass is 35.5. The molecule has 0 radical (unpaired) electrons. The molecule has 1 aromatic heterocycles. The molecule has 3 N–H and O–H groups in total. The average molecular weight is 411 g/mol. The minimum Gasteiger partial charge on any atom is -0.441 e. The van der Waals surface area contributed by atoms with Gasteiger partial charge in [0.2, 0.25) is 5.91 Å². The number of oxazole rings is 1. The Bertz CT molecular complexity index is 933. The van der Waals surface area contributed by atoms with Crippen LogP contribution in [-0.2, 0) is 11.2 Å². The number of nitrogens with two attached hydrogens (primary N) is 1. The van der Waals surface area contributed by atoms with Crippen molar-refractivity contribution in [2.24, 2.45) is 0 Å². The molecule has 0 fully saturated rings. The fourth-order valence-corrected chi connectivity index (χ4v) is 3.03. The number of nitrogens with one attached hydrogen (secondary N) is 1. The largest absolute Gasteiger partial charge is 0.441 e. The molecule has 2 aromatic carbocycles. The predicted octanol–water partition coefficient (Wildman–Crippen LogP) is 5.46. The Hall–Kier alpha value is -2.21. The van der Waals surface area contributed by atoms with Crippen molar-refractivity contribution in [3.05, 3.63) is 63.6 Å². The van der Waals surface area contributed by atoms with Gasteiger partial charge in [0.15, 0.2) is 11.7 Å². The summed E-state index contributed by atoms with van der Waals surface area (Å²) >= 11 is 18.0. The van der Waals surface area contributed by atoms with Crippen molar-refractivity contribution in [2.75, 3.05) is 11.1 Å². The van der Waals surface area contributed by atoms with Gasteiger partial charge in [0, 0.05) is 24.1 Å². The summed E-state index contributed by atoms with van der Waals surface area (Å²) in [5.41, 5.74) is 7.18. The van der Waals surface area contributed by atoms with Gasteiger partial charge in [0.05, 0.1) is 27.0 Å². The van der Waals surface area contributed by atoms with Crippen LogP contribution in [0.5, 0.6) is 0 Å². The molecule has 26 heavy (non-hydrogen) atoms. The van der Waals surface area contributed by atoms with Crippen LogP contribution >= 0.6 is 34.8 Å². The summed E-state index contributed by atoms with van der Waals surface area (Å²) in [6, 6.07) is 10.4. The highest BCUT2D eigenvalue weighted by Gasteiger charge is 2.12. The summed E-state index contributed by atoms with van der Waals surface area (Å²) in [4.78, 5) is 16.3. The van der Waals surface area contributed by atoms with Crippen LogP contribution in [0.2, 0.25) is 15.1 Å². The molecule has 0 bridgehead atoms. The molecular weight excluding hydrogens is 397 g/mol. The summed E-state index contributed by atoms with van der Waals surface area (Å²) < 4.78 is 5.67. The van der Waals surface area contributed by atoms with Crippen LogP contribution in [0.1, 0.15) is 12.3 Å². The molecule has 0 aliphatic heterocycles. The van der Waals surface area contributed by atoms with E-state index in [1.165, 1.54) is 0 Å². The third kappa shape index (κ3) is 4.30. The number of amides is 1. The van der Waals surface area contributed by atoms with Crippen molar-refractivity contribution in [1.29, 1.82) is 0 Å². The van der Waals surface area contributed by atoms with Gasteiger partial charge in [-0.2, -0.15) is 0 Å². The van der Waals surface area contributed by atoms with Crippen LogP contribution in [0.15, 0.2) is 47.0 Å². The van der Waals surface area contributed by atoms with Crippen LogP contribution in [-0.4, -0.2) is 10.9 Å². The van der Waals surface area contributed by atoms with Gasteiger partial charge in [-0.1, -0.05) is 46.9 Å². The fourth-order valence-electron chi connectivity index (χ4n) is 2.31. The van der Waals surface area contributed by atoms with E-state index in [1.807, 2.05) is 18.2 Å². The van der Waals surface area contributed by atoms with E-state index in [4.69, 9.17) is 45.0 Å². The smallest absolute Gasteiger partial charge is 0.224 e. The molecule has 0 unspecified atom stereocenters. The van der Waals surface area contributed by atoms with Gasteiger partial charge in [-0.3, -0.25) is 4.79 Å². The lowest BCUT2D eigenvalue weighted by atomic mass is 10.2. The van der Waals surface area contributed by atoms with Gasteiger partial charge in [-0.15, -0.1) is 0 Å². The highest BCUT2D eigenvalue weighted by Crippen LogP contribution is 2.31. The third-order valence-electron chi connectivity index (χ3n) is 3.62. The summed E-state index contributed by atoms with van der Waals surface area (Å²) in [6.07, 6.45) is 2.11. The molecular formula is C18H14Cl3N3O2. The topological polar surface area (TPSA) is 81.1 Å². The SMILES string of the molecule is Nc1c(Cl)cc(NC(=O)CCc2ncc(-c3ccccc3Cl)o2)cc1Cl. The number of carbonyl (C=O) groups excluding carboxylic acids is 1. The molecule has 0 saturated carbocycles. The van der Waals surface area contributed by atoms with Gasteiger partial charge in [0.1, 0.15) is 0 Å². The molecule has 3 aromatic rings. The number of anilines is 2. The van der Waals surface area contributed by atoms with E-state index in [1.54, 1.807) is 24.4 Å². The summed E-state index contributed by atoms with van der Waals surface area (Å²) in [7, 11) is 0. The second-order valence-electron chi connectivity index (χ2n) is 5.50. The predicted molar refractivity (Wildman–Crippen MR) is 105 cm³/mol. The number of rotatable bonds is 5. The first-order chi connectivity index (χ1) is 12.4. The summed E-state index contributed by atoms with van der Waals surface area (Å²) in [5.74, 6) is 0.783. The van der Waals surface area contributed by atoms with E-state index >= 15 is 0 Å². The number of hydrogen-bond acceptors (Lipinski definition) is 4. The Labute approximate surface area is 165 Å². The highest BCUT2D eigenvalue weighted by molar-refractivity contribution is 6.39. The van der Waals surface area contributed by atoms with Crippen LogP contribution in [0.3, 0.4) is 0 Å². The zero-order valence-corrected chi connectivity index (χ0v) is 15.7. The average Bonchev–Trinajstić information content (AvgIpc) is 3.07. The number of benzene rings is 2. The number of nitrogens with zero attached hydrogens (tertiary/aromatic N) is 1. The van der Waals surface area contributed by atoms with Crippen molar-refractivity contribution in [3.63, 3.8) is 0 Å². The van der Waals surface area contributed by atoms with E-state index in [-0.39, 0.29) is 28.1 Å². The minimum absolute atomic E-state index is 0.183. The lowest BCUT2D eigenvalue weighted by Gasteiger charge is -2.08. The Morgan fingerprint density at radius 3 is 2.50 bits per heavy atom. The van der Waals surface area contributed by atoms with Crippen LogP contribution < -0.4 is 11.1 Å². The molecule has 5 nitrogen and oxygen atoms in total. The van der Waals surface area contributed by atoms with Crippen LogP contribution in [0.25, 0.3) is 11.3 Å². The Morgan fingerprint density at radius 1 is 1.12 bits per heavy atom. The van der Waals surface area contributed by atoms with Crippen LogP contribution in [0, 0.1) is 0 Å². The normalized spacial score (nSPS) is 10.7. The first-order valence-corrected chi connectivity index (χ1v) is 8.81. The number of nitrogen functional groups attached to an aromatic ring is 1. The Balaban J connectivity index is 1.61. The van der Waals surface area contributed by atoms with Crippen molar-refractivity contribution in [3.8, 4) is 11.3 Å². The first kappa shape index (κ1) is 18.6. The van der Waals surface area contributed by atoms with E-state index in [9.17, 15) is 4.79 Å². The molecule has 0 spiro atoms. The van der Waals surface area contributed by atoms with Gasteiger partial charge in [0.25, 0.3) is 0 Å². The zero-order valence-electron chi connectivity index (χ0n) is 13.4. The minimum atomic E-state index is -0.223. The maximum absolute atomic E-state index is 12.1. The van der Waals surface area contributed by atoms with Crippen LogP contribution in [0.4, 0.5) is 11.4 Å². The van der Waals surface area contributed by atoms with Gasteiger partial charge in [-0.25, -0.2) is 4.98 Å². The maximum atomic E-state index is 12.1.